The zero-order valence-corrected chi connectivity index (χ0v) is 11.9. The van der Waals surface area contributed by atoms with Crippen molar-refractivity contribution in [1.82, 2.24) is 9.55 Å². The van der Waals surface area contributed by atoms with Crippen molar-refractivity contribution in [2.75, 3.05) is 0 Å². The summed E-state index contributed by atoms with van der Waals surface area (Å²) in [5.74, 6) is -0.165. The topological polar surface area (TPSA) is 44.1 Å². The molecule has 116 valence electrons. The number of halogens is 2. The first-order valence-corrected chi connectivity index (χ1v) is 6.81. The molecular weight excluding hydrogens is 302 g/mol. The molecule has 0 unspecified atom stereocenters. The molecule has 1 aromatic heterocycles. The third-order valence-electron chi connectivity index (χ3n) is 3.29. The van der Waals surface area contributed by atoms with Crippen LogP contribution >= 0.6 is 0 Å². The highest BCUT2D eigenvalue weighted by Gasteiger charge is 2.12. The molecule has 0 bridgehead atoms. The molecule has 0 N–H and O–H groups in total. The summed E-state index contributed by atoms with van der Waals surface area (Å²) in [6.45, 7) is -2.99. The van der Waals surface area contributed by atoms with Gasteiger partial charge in [-0.05, 0) is 24.3 Å². The smallest absolute Gasteiger partial charge is 0.387 e. The summed E-state index contributed by atoms with van der Waals surface area (Å²) in [5.41, 5.74) is 2.17. The number of ether oxygens (including phenoxy) is 1. The van der Waals surface area contributed by atoms with Crippen LogP contribution in [0.5, 0.6) is 5.75 Å². The van der Waals surface area contributed by atoms with E-state index in [4.69, 9.17) is 0 Å². The molecule has 0 saturated carbocycles. The van der Waals surface area contributed by atoms with E-state index in [2.05, 4.69) is 9.72 Å². The van der Waals surface area contributed by atoms with Gasteiger partial charge in [-0.15, -0.1) is 0 Å². The Kier molecular flexibility index (Phi) is 4.14. The van der Waals surface area contributed by atoms with Gasteiger partial charge in [-0.3, -0.25) is 4.79 Å². The highest BCUT2D eigenvalue weighted by molar-refractivity contribution is 5.81. The van der Waals surface area contributed by atoms with Crippen LogP contribution in [-0.2, 0) is 0 Å². The normalized spacial score (nSPS) is 10.7. The van der Waals surface area contributed by atoms with Crippen molar-refractivity contribution in [1.29, 1.82) is 0 Å². The van der Waals surface area contributed by atoms with Crippen LogP contribution in [0.2, 0.25) is 0 Å². The number of carbonyl (C=O) groups is 1. The maximum absolute atomic E-state index is 12.4. The lowest BCUT2D eigenvalue weighted by molar-refractivity contribution is -0.0500. The van der Waals surface area contributed by atoms with Gasteiger partial charge in [0.15, 0.2) is 6.29 Å². The van der Waals surface area contributed by atoms with Crippen LogP contribution in [0.4, 0.5) is 8.78 Å². The molecule has 0 aliphatic heterocycles. The van der Waals surface area contributed by atoms with Crippen molar-refractivity contribution in [3.63, 3.8) is 0 Å². The fraction of sp³-hybridized carbons (Fsp3) is 0.0588. The predicted molar refractivity (Wildman–Crippen MR) is 81.0 cm³/mol. The van der Waals surface area contributed by atoms with E-state index in [0.717, 1.165) is 5.69 Å². The molecule has 4 nitrogen and oxygen atoms in total. The zero-order valence-electron chi connectivity index (χ0n) is 11.9. The minimum atomic E-state index is -2.99. The molecule has 0 aliphatic carbocycles. The molecule has 6 heteroatoms. The molecule has 0 fully saturated rings. The van der Waals surface area contributed by atoms with Gasteiger partial charge in [0.05, 0.1) is 17.6 Å². The molecule has 23 heavy (non-hydrogen) atoms. The highest BCUT2D eigenvalue weighted by Crippen LogP contribution is 2.27. The summed E-state index contributed by atoms with van der Waals surface area (Å²) in [5, 5.41) is 0. The van der Waals surface area contributed by atoms with Crippen molar-refractivity contribution < 1.29 is 18.3 Å². The predicted octanol–water partition coefficient (Wildman–Crippen LogP) is 3.95. The van der Waals surface area contributed by atoms with Crippen molar-refractivity contribution in [2.24, 2.45) is 0 Å². The molecule has 1 heterocycles. The van der Waals surface area contributed by atoms with Gasteiger partial charge in [0.2, 0.25) is 0 Å². The molecule has 0 atom stereocenters. The van der Waals surface area contributed by atoms with Crippen LogP contribution in [0.15, 0.2) is 61.1 Å². The van der Waals surface area contributed by atoms with E-state index < -0.39 is 6.61 Å². The number of hydrogen-bond donors (Lipinski definition) is 0. The van der Waals surface area contributed by atoms with Crippen molar-refractivity contribution in [2.45, 2.75) is 6.61 Å². The van der Waals surface area contributed by atoms with E-state index in [0.29, 0.717) is 17.5 Å². The van der Waals surface area contributed by atoms with Gasteiger partial charge in [0, 0.05) is 17.4 Å². The van der Waals surface area contributed by atoms with Crippen LogP contribution in [0.3, 0.4) is 0 Å². The minimum Gasteiger partial charge on any atom is -0.434 e. The Labute approximate surface area is 131 Å². The zero-order chi connectivity index (χ0) is 16.2. The third-order valence-corrected chi connectivity index (χ3v) is 3.29. The van der Waals surface area contributed by atoms with Crippen LogP contribution in [0.25, 0.3) is 16.9 Å². The maximum Gasteiger partial charge on any atom is 0.387 e. The Morgan fingerprint density at radius 3 is 2.61 bits per heavy atom. The van der Waals surface area contributed by atoms with Crippen LogP contribution in [0.1, 0.15) is 10.4 Å². The van der Waals surface area contributed by atoms with Gasteiger partial charge < -0.3 is 9.30 Å². The number of imidazole rings is 1. The van der Waals surface area contributed by atoms with Gasteiger partial charge in [0.25, 0.3) is 0 Å². The fourth-order valence-corrected chi connectivity index (χ4v) is 2.20. The second-order valence-electron chi connectivity index (χ2n) is 4.75. The second kappa shape index (κ2) is 6.39. The van der Waals surface area contributed by atoms with E-state index in [1.807, 2.05) is 34.9 Å². The minimum absolute atomic E-state index is 0.0662. The van der Waals surface area contributed by atoms with Crippen molar-refractivity contribution >= 4 is 6.29 Å². The number of hydrogen-bond acceptors (Lipinski definition) is 3. The number of para-hydroxylation sites is 1. The summed E-state index contributed by atoms with van der Waals surface area (Å²) in [6.07, 6.45) is 3.88. The van der Waals surface area contributed by atoms with E-state index >= 15 is 0 Å². The van der Waals surface area contributed by atoms with Gasteiger partial charge in [0.1, 0.15) is 5.75 Å². The molecule has 0 saturated heterocycles. The van der Waals surface area contributed by atoms with Crippen LogP contribution in [0, 0.1) is 0 Å². The average Bonchev–Trinajstić information content (AvgIpc) is 3.05. The molecule has 3 aromatic rings. The number of aldehydes is 1. The van der Waals surface area contributed by atoms with Gasteiger partial charge in [-0.1, -0.05) is 24.3 Å². The molecular formula is C17H12F2N2O2. The number of alkyl halides is 2. The monoisotopic (exact) mass is 314 g/mol. The third kappa shape index (κ3) is 3.26. The second-order valence-corrected chi connectivity index (χ2v) is 4.75. The van der Waals surface area contributed by atoms with E-state index in [9.17, 15) is 13.6 Å². The number of aromatic nitrogens is 2. The summed E-state index contributed by atoms with van der Waals surface area (Å²) >= 11 is 0. The Morgan fingerprint density at radius 1 is 1.13 bits per heavy atom. The molecule has 0 spiro atoms. The SMILES string of the molecule is O=Cc1ccc(-c2cn(-c3ccccc3)cn2)cc1OC(F)F. The molecule has 3 rings (SSSR count). The summed E-state index contributed by atoms with van der Waals surface area (Å²) in [7, 11) is 0. The van der Waals surface area contributed by atoms with E-state index in [1.165, 1.54) is 12.1 Å². The Balaban J connectivity index is 1.96. The summed E-state index contributed by atoms with van der Waals surface area (Å²) in [6, 6.07) is 14.0. The van der Waals surface area contributed by atoms with Crippen LogP contribution < -0.4 is 4.74 Å². The molecule has 0 aliphatic rings. The quantitative estimate of drug-likeness (QED) is 0.670. The Bertz CT molecular complexity index is 816. The van der Waals surface area contributed by atoms with Gasteiger partial charge in [-0.25, -0.2) is 4.98 Å². The lowest BCUT2D eigenvalue weighted by atomic mass is 10.1. The average molecular weight is 314 g/mol. The first-order chi connectivity index (χ1) is 11.2. The molecule has 0 radical (unpaired) electrons. The number of benzene rings is 2. The van der Waals surface area contributed by atoms with Gasteiger partial charge >= 0.3 is 6.61 Å². The summed E-state index contributed by atoms with van der Waals surface area (Å²) < 4.78 is 31.1. The number of rotatable bonds is 5. The summed E-state index contributed by atoms with van der Waals surface area (Å²) in [4.78, 5) is 15.2. The van der Waals surface area contributed by atoms with E-state index in [1.54, 1.807) is 18.6 Å². The fourth-order valence-electron chi connectivity index (χ4n) is 2.20. The van der Waals surface area contributed by atoms with Crippen molar-refractivity contribution in [3.05, 3.63) is 66.6 Å². The highest BCUT2D eigenvalue weighted by atomic mass is 19.3. The first kappa shape index (κ1) is 14.9. The molecule has 0 amide bonds. The standard InChI is InChI=1S/C17H12F2N2O2/c18-17(19)23-16-8-12(6-7-13(16)10-22)15-9-21(11-20-15)14-4-2-1-3-5-14/h1-11,17H. The van der Waals surface area contributed by atoms with Gasteiger partial charge in [-0.2, -0.15) is 8.78 Å². The largest absolute Gasteiger partial charge is 0.434 e. The van der Waals surface area contributed by atoms with E-state index in [-0.39, 0.29) is 11.3 Å². The first-order valence-electron chi connectivity index (χ1n) is 6.81. The number of nitrogens with zero attached hydrogens (tertiary/aromatic N) is 2. The molecule has 2 aromatic carbocycles. The number of carbonyl (C=O) groups excluding carboxylic acids is 1. The Hall–Kier alpha value is -3.02. The maximum atomic E-state index is 12.4. The lowest BCUT2D eigenvalue weighted by Gasteiger charge is -2.08. The van der Waals surface area contributed by atoms with Crippen molar-refractivity contribution in [3.8, 4) is 22.7 Å². The Morgan fingerprint density at radius 2 is 1.91 bits per heavy atom. The lowest BCUT2D eigenvalue weighted by Crippen LogP contribution is -2.04. The van der Waals surface area contributed by atoms with Crippen LogP contribution in [-0.4, -0.2) is 22.4 Å².